The zero-order valence-electron chi connectivity index (χ0n) is 11.8. The number of anilines is 1. The van der Waals surface area contributed by atoms with Crippen LogP contribution < -0.4 is 11.5 Å². The Hall–Kier alpha value is -2.54. The molecule has 1 amide bonds. The summed E-state index contributed by atoms with van der Waals surface area (Å²) in [6.45, 7) is 1.69. The van der Waals surface area contributed by atoms with Crippen LogP contribution in [-0.4, -0.2) is 17.5 Å². The molecule has 5 nitrogen and oxygen atoms in total. The van der Waals surface area contributed by atoms with Crippen LogP contribution in [0, 0.1) is 11.6 Å². The van der Waals surface area contributed by atoms with E-state index in [0.29, 0.717) is 11.4 Å². The van der Waals surface area contributed by atoms with Crippen LogP contribution in [0.25, 0.3) is 11.1 Å². The molecule has 1 aromatic carbocycles. The highest BCUT2D eigenvalue weighted by Crippen LogP contribution is 2.29. The van der Waals surface area contributed by atoms with E-state index < -0.39 is 29.2 Å². The van der Waals surface area contributed by atoms with Crippen molar-refractivity contribution in [3.63, 3.8) is 0 Å². The molecule has 0 spiro atoms. The fourth-order valence-electron chi connectivity index (χ4n) is 2.05. The molecular weight excluding hydrogens is 292 g/mol. The first-order valence-electron chi connectivity index (χ1n) is 6.55. The lowest BCUT2D eigenvalue weighted by molar-refractivity contribution is -0.129. The number of aromatic nitrogens is 1. The van der Waals surface area contributed by atoms with Crippen molar-refractivity contribution >= 4 is 11.7 Å². The van der Waals surface area contributed by atoms with E-state index in [2.05, 4.69) is 4.98 Å². The summed E-state index contributed by atoms with van der Waals surface area (Å²) >= 11 is 0. The summed E-state index contributed by atoms with van der Waals surface area (Å²) in [6, 6.07) is 5.30. The number of rotatable bonds is 5. The quantitative estimate of drug-likeness (QED) is 0.885. The van der Waals surface area contributed by atoms with Gasteiger partial charge in [-0.1, -0.05) is 0 Å². The first kappa shape index (κ1) is 15.8. The molecule has 0 aliphatic rings. The number of nitrogens with two attached hydrogens (primary N) is 2. The molecule has 7 heteroatoms. The van der Waals surface area contributed by atoms with Gasteiger partial charge in [0.1, 0.15) is 17.5 Å². The second kappa shape index (κ2) is 6.48. The number of amides is 1. The Kier molecular flexibility index (Phi) is 4.67. The molecule has 1 atom stereocenters. The molecule has 0 saturated heterocycles. The van der Waals surface area contributed by atoms with Gasteiger partial charge in [0.2, 0.25) is 0 Å². The van der Waals surface area contributed by atoms with Gasteiger partial charge in [-0.2, -0.15) is 0 Å². The van der Waals surface area contributed by atoms with Gasteiger partial charge in [0.05, 0.1) is 5.56 Å². The van der Waals surface area contributed by atoms with Crippen LogP contribution in [0.2, 0.25) is 0 Å². The van der Waals surface area contributed by atoms with E-state index in [1.54, 1.807) is 13.0 Å². The lowest BCUT2D eigenvalue weighted by atomic mass is 10.0. The van der Waals surface area contributed by atoms with Crippen molar-refractivity contribution < 1.29 is 18.3 Å². The lowest BCUT2D eigenvalue weighted by Crippen LogP contribution is -2.25. The summed E-state index contributed by atoms with van der Waals surface area (Å²) in [5.41, 5.74) is 10.9. The van der Waals surface area contributed by atoms with Crippen molar-refractivity contribution in [2.24, 2.45) is 5.73 Å². The summed E-state index contributed by atoms with van der Waals surface area (Å²) < 4.78 is 33.5. The maximum absolute atomic E-state index is 14.2. The van der Waals surface area contributed by atoms with Gasteiger partial charge in [0.15, 0.2) is 6.10 Å². The van der Waals surface area contributed by atoms with Gasteiger partial charge in [-0.25, -0.2) is 13.8 Å². The van der Waals surface area contributed by atoms with Crippen LogP contribution in [0.4, 0.5) is 14.6 Å². The van der Waals surface area contributed by atoms with Crippen molar-refractivity contribution in [3.05, 3.63) is 47.7 Å². The largest absolute Gasteiger partial charge is 0.384 e. The van der Waals surface area contributed by atoms with Gasteiger partial charge in [0.25, 0.3) is 5.91 Å². The first-order valence-corrected chi connectivity index (χ1v) is 6.55. The number of primary amides is 1. The van der Waals surface area contributed by atoms with Gasteiger partial charge >= 0.3 is 0 Å². The number of nitrogen functional groups attached to an aromatic ring is 1. The predicted molar refractivity (Wildman–Crippen MR) is 77.6 cm³/mol. The Bertz CT molecular complexity index is 667. The third kappa shape index (κ3) is 3.20. The van der Waals surface area contributed by atoms with Crippen molar-refractivity contribution in [3.8, 4) is 11.1 Å². The minimum Gasteiger partial charge on any atom is -0.384 e. The molecule has 0 aliphatic carbocycles. The molecule has 0 fully saturated rings. The predicted octanol–water partition coefficient (Wildman–Crippen LogP) is 2.17. The van der Waals surface area contributed by atoms with E-state index in [-0.39, 0.29) is 12.2 Å². The van der Waals surface area contributed by atoms with Crippen LogP contribution in [0.15, 0.2) is 30.5 Å². The van der Waals surface area contributed by atoms with Gasteiger partial charge in [-0.15, -0.1) is 0 Å². The maximum Gasteiger partial charge on any atom is 0.251 e. The summed E-state index contributed by atoms with van der Waals surface area (Å²) in [5, 5.41) is 0. The molecule has 22 heavy (non-hydrogen) atoms. The van der Waals surface area contributed by atoms with Gasteiger partial charge in [-0.3, -0.25) is 4.79 Å². The average molecular weight is 307 g/mol. The van der Waals surface area contributed by atoms with E-state index in [0.717, 1.165) is 12.1 Å². The summed E-state index contributed by atoms with van der Waals surface area (Å²) in [7, 11) is 0. The molecule has 2 aromatic rings. The molecular formula is C15H15F2N3O2. The van der Waals surface area contributed by atoms with E-state index in [9.17, 15) is 13.6 Å². The van der Waals surface area contributed by atoms with Gasteiger partial charge < -0.3 is 16.2 Å². The Morgan fingerprint density at radius 2 is 1.91 bits per heavy atom. The molecule has 0 radical (unpaired) electrons. The highest BCUT2D eigenvalue weighted by atomic mass is 19.1. The molecule has 4 N–H and O–H groups in total. The van der Waals surface area contributed by atoms with Crippen LogP contribution in [0.1, 0.15) is 18.6 Å². The van der Waals surface area contributed by atoms with Crippen LogP contribution >= 0.6 is 0 Å². The fraction of sp³-hybridized carbons (Fsp3) is 0.200. The fourth-order valence-corrected chi connectivity index (χ4v) is 2.05. The molecule has 2 rings (SSSR count). The first-order chi connectivity index (χ1) is 10.4. The standard InChI is InChI=1S/C15H15F2N3O2/c1-2-22-14(15(19)21)13-10(16)5-9(6-11(13)17)8-3-4-12(18)20-7-8/h3-7,14H,2H2,1H3,(H2,18,20)(H2,19,21). The smallest absolute Gasteiger partial charge is 0.251 e. The zero-order chi connectivity index (χ0) is 16.3. The summed E-state index contributed by atoms with van der Waals surface area (Å²) in [4.78, 5) is 15.2. The minimum absolute atomic E-state index is 0.0934. The number of hydrogen-bond acceptors (Lipinski definition) is 4. The second-order valence-corrected chi connectivity index (χ2v) is 4.56. The van der Waals surface area contributed by atoms with E-state index in [1.807, 2.05) is 0 Å². The number of carbonyl (C=O) groups excluding carboxylic acids is 1. The van der Waals surface area contributed by atoms with Crippen molar-refractivity contribution in [1.82, 2.24) is 4.98 Å². The van der Waals surface area contributed by atoms with Crippen LogP contribution in [-0.2, 0) is 9.53 Å². The molecule has 1 unspecified atom stereocenters. The molecule has 0 bridgehead atoms. The number of nitrogens with zero attached hydrogens (tertiary/aromatic N) is 1. The van der Waals surface area contributed by atoms with E-state index >= 15 is 0 Å². The molecule has 116 valence electrons. The lowest BCUT2D eigenvalue weighted by Gasteiger charge is -2.16. The van der Waals surface area contributed by atoms with E-state index in [4.69, 9.17) is 16.2 Å². The number of benzene rings is 1. The Labute approximate surface area is 125 Å². The molecule has 0 aliphatic heterocycles. The number of pyridine rings is 1. The number of halogens is 2. The van der Waals surface area contributed by atoms with Gasteiger partial charge in [-0.05, 0) is 36.8 Å². The molecule has 1 aromatic heterocycles. The number of hydrogen-bond donors (Lipinski definition) is 2. The van der Waals surface area contributed by atoms with Crippen molar-refractivity contribution in [1.29, 1.82) is 0 Å². The zero-order valence-corrected chi connectivity index (χ0v) is 11.8. The Morgan fingerprint density at radius 3 is 2.36 bits per heavy atom. The highest BCUT2D eigenvalue weighted by Gasteiger charge is 2.26. The van der Waals surface area contributed by atoms with Crippen molar-refractivity contribution in [2.75, 3.05) is 12.3 Å². The SMILES string of the molecule is CCOC(C(N)=O)c1c(F)cc(-c2ccc(N)nc2)cc1F. The van der Waals surface area contributed by atoms with Gasteiger partial charge in [0, 0.05) is 18.4 Å². The minimum atomic E-state index is -1.47. The third-order valence-corrected chi connectivity index (χ3v) is 3.05. The normalized spacial score (nSPS) is 12.1. The van der Waals surface area contributed by atoms with E-state index in [1.165, 1.54) is 12.3 Å². The monoisotopic (exact) mass is 307 g/mol. The molecule has 0 saturated carbocycles. The highest BCUT2D eigenvalue weighted by molar-refractivity contribution is 5.81. The van der Waals surface area contributed by atoms with Crippen molar-refractivity contribution in [2.45, 2.75) is 13.0 Å². The number of carbonyl (C=O) groups is 1. The molecule has 1 heterocycles. The summed E-state index contributed by atoms with van der Waals surface area (Å²) in [6.07, 6.45) is -0.0688. The average Bonchev–Trinajstić information content (AvgIpc) is 2.46. The Balaban J connectivity index is 2.48. The number of ether oxygens (including phenoxy) is 1. The summed E-state index contributed by atoms with van der Waals surface area (Å²) in [5.74, 6) is -2.49. The Morgan fingerprint density at radius 1 is 1.27 bits per heavy atom. The topological polar surface area (TPSA) is 91.2 Å². The van der Waals surface area contributed by atoms with Crippen LogP contribution in [0.5, 0.6) is 0 Å². The maximum atomic E-state index is 14.2. The van der Waals surface area contributed by atoms with Crippen LogP contribution in [0.3, 0.4) is 0 Å². The third-order valence-electron chi connectivity index (χ3n) is 3.05. The second-order valence-electron chi connectivity index (χ2n) is 4.56.